The Balaban J connectivity index is 2.29. The van der Waals surface area contributed by atoms with E-state index in [0.717, 1.165) is 6.42 Å². The van der Waals surface area contributed by atoms with Crippen LogP contribution in [-0.2, 0) is 4.74 Å². The van der Waals surface area contributed by atoms with E-state index < -0.39 is 11.7 Å². The van der Waals surface area contributed by atoms with Crippen molar-refractivity contribution in [2.45, 2.75) is 25.2 Å². The van der Waals surface area contributed by atoms with Gasteiger partial charge in [0.1, 0.15) is 5.82 Å². The van der Waals surface area contributed by atoms with Crippen LogP contribution in [0.1, 0.15) is 30.6 Å². The second kappa shape index (κ2) is 8.17. The average Bonchev–Trinajstić information content (AvgIpc) is 2.36. The minimum atomic E-state index is -0.545. The SMILES string of the molecule is CC(C)CCOCCNC(=O)c1cc(S)ccc1F. The van der Waals surface area contributed by atoms with Crippen molar-refractivity contribution in [2.24, 2.45) is 5.92 Å². The van der Waals surface area contributed by atoms with Crippen molar-refractivity contribution in [3.63, 3.8) is 0 Å². The molecule has 0 bridgehead atoms. The number of hydrogen-bond acceptors (Lipinski definition) is 3. The molecule has 19 heavy (non-hydrogen) atoms. The van der Waals surface area contributed by atoms with Gasteiger partial charge < -0.3 is 10.1 Å². The predicted octanol–water partition coefficient (Wildman–Crippen LogP) is 2.91. The van der Waals surface area contributed by atoms with Gasteiger partial charge in [-0.2, -0.15) is 0 Å². The van der Waals surface area contributed by atoms with E-state index >= 15 is 0 Å². The van der Waals surface area contributed by atoms with Crippen molar-refractivity contribution >= 4 is 18.5 Å². The number of carbonyl (C=O) groups excluding carboxylic acids is 1. The third-order valence-corrected chi connectivity index (χ3v) is 2.84. The fraction of sp³-hybridized carbons (Fsp3) is 0.500. The van der Waals surface area contributed by atoms with E-state index in [0.29, 0.717) is 30.6 Å². The Morgan fingerprint density at radius 2 is 2.16 bits per heavy atom. The Labute approximate surface area is 118 Å². The van der Waals surface area contributed by atoms with Gasteiger partial charge in [0.25, 0.3) is 5.91 Å². The molecule has 0 radical (unpaired) electrons. The molecule has 0 spiro atoms. The lowest BCUT2D eigenvalue weighted by atomic mass is 10.1. The molecule has 0 aliphatic heterocycles. The summed E-state index contributed by atoms with van der Waals surface area (Å²) in [6.45, 7) is 5.72. The molecular weight excluding hydrogens is 265 g/mol. The van der Waals surface area contributed by atoms with Crippen LogP contribution < -0.4 is 5.32 Å². The molecule has 0 heterocycles. The van der Waals surface area contributed by atoms with Gasteiger partial charge >= 0.3 is 0 Å². The second-order valence-electron chi connectivity index (χ2n) is 4.71. The van der Waals surface area contributed by atoms with E-state index in [2.05, 4.69) is 31.8 Å². The van der Waals surface area contributed by atoms with Crippen LogP contribution in [0.5, 0.6) is 0 Å². The zero-order chi connectivity index (χ0) is 14.3. The third-order valence-electron chi connectivity index (χ3n) is 2.57. The number of hydrogen-bond donors (Lipinski definition) is 2. The highest BCUT2D eigenvalue weighted by atomic mass is 32.1. The molecule has 1 amide bonds. The Bertz CT molecular complexity index is 424. The van der Waals surface area contributed by atoms with Crippen molar-refractivity contribution in [3.05, 3.63) is 29.6 Å². The van der Waals surface area contributed by atoms with E-state index in [1.807, 2.05) is 0 Å². The van der Waals surface area contributed by atoms with E-state index in [-0.39, 0.29) is 5.56 Å². The molecule has 1 N–H and O–H groups in total. The molecule has 1 rings (SSSR count). The van der Waals surface area contributed by atoms with E-state index in [4.69, 9.17) is 4.74 Å². The van der Waals surface area contributed by atoms with Crippen LogP contribution in [0.3, 0.4) is 0 Å². The lowest BCUT2D eigenvalue weighted by Crippen LogP contribution is -2.28. The number of benzene rings is 1. The van der Waals surface area contributed by atoms with Crippen molar-refractivity contribution in [1.82, 2.24) is 5.32 Å². The van der Waals surface area contributed by atoms with E-state index in [1.54, 1.807) is 0 Å². The smallest absolute Gasteiger partial charge is 0.254 e. The van der Waals surface area contributed by atoms with Gasteiger partial charge in [-0.15, -0.1) is 12.6 Å². The van der Waals surface area contributed by atoms with Crippen LogP contribution in [0.25, 0.3) is 0 Å². The molecule has 5 heteroatoms. The Morgan fingerprint density at radius 1 is 1.42 bits per heavy atom. The molecule has 0 saturated heterocycles. The Hall–Kier alpha value is -1.07. The molecule has 0 fully saturated rings. The summed E-state index contributed by atoms with van der Waals surface area (Å²) in [5, 5.41) is 2.62. The number of nitrogens with one attached hydrogen (secondary N) is 1. The van der Waals surface area contributed by atoms with Gasteiger partial charge in [-0.25, -0.2) is 4.39 Å². The zero-order valence-electron chi connectivity index (χ0n) is 11.3. The maximum absolute atomic E-state index is 13.4. The highest BCUT2D eigenvalue weighted by Crippen LogP contribution is 2.13. The number of thiol groups is 1. The Kier molecular flexibility index (Phi) is 6.87. The summed E-state index contributed by atoms with van der Waals surface area (Å²) in [4.78, 5) is 12.3. The molecule has 106 valence electrons. The normalized spacial score (nSPS) is 10.8. The summed E-state index contributed by atoms with van der Waals surface area (Å²) >= 11 is 4.08. The van der Waals surface area contributed by atoms with E-state index in [9.17, 15) is 9.18 Å². The first-order chi connectivity index (χ1) is 9.00. The topological polar surface area (TPSA) is 38.3 Å². The number of halogens is 1. The summed E-state index contributed by atoms with van der Waals surface area (Å²) < 4.78 is 18.8. The standard InChI is InChI=1S/C14H20FNO2S/c1-10(2)5-7-18-8-6-16-14(17)12-9-11(19)3-4-13(12)15/h3-4,9-10,19H,5-8H2,1-2H3,(H,16,17). The van der Waals surface area contributed by atoms with Crippen LogP contribution in [0.2, 0.25) is 0 Å². The van der Waals surface area contributed by atoms with Gasteiger partial charge in [0.05, 0.1) is 12.2 Å². The molecule has 0 atom stereocenters. The quantitative estimate of drug-likeness (QED) is 0.597. The maximum Gasteiger partial charge on any atom is 0.254 e. The first kappa shape index (κ1) is 16.0. The molecule has 0 aliphatic rings. The maximum atomic E-state index is 13.4. The van der Waals surface area contributed by atoms with Gasteiger partial charge in [-0.1, -0.05) is 13.8 Å². The lowest BCUT2D eigenvalue weighted by Gasteiger charge is -2.08. The molecule has 1 aromatic carbocycles. The van der Waals surface area contributed by atoms with E-state index in [1.165, 1.54) is 18.2 Å². The van der Waals surface area contributed by atoms with Crippen molar-refractivity contribution in [2.75, 3.05) is 19.8 Å². The van der Waals surface area contributed by atoms with Crippen LogP contribution in [0.4, 0.5) is 4.39 Å². The highest BCUT2D eigenvalue weighted by molar-refractivity contribution is 7.80. The lowest BCUT2D eigenvalue weighted by molar-refractivity contribution is 0.0902. The fourth-order valence-electron chi connectivity index (χ4n) is 1.44. The minimum absolute atomic E-state index is 0.00896. The highest BCUT2D eigenvalue weighted by Gasteiger charge is 2.11. The van der Waals surface area contributed by atoms with Crippen LogP contribution in [0.15, 0.2) is 23.1 Å². The Morgan fingerprint density at radius 3 is 2.84 bits per heavy atom. The molecule has 0 unspecified atom stereocenters. The first-order valence-corrected chi connectivity index (χ1v) is 6.80. The summed E-state index contributed by atoms with van der Waals surface area (Å²) in [5.41, 5.74) is 0.00896. The van der Waals surface area contributed by atoms with Gasteiger partial charge in [-0.3, -0.25) is 4.79 Å². The van der Waals surface area contributed by atoms with Crippen LogP contribution in [0, 0.1) is 11.7 Å². The molecule has 3 nitrogen and oxygen atoms in total. The number of ether oxygens (including phenoxy) is 1. The molecule has 0 aliphatic carbocycles. The molecule has 1 aromatic rings. The van der Waals surface area contributed by atoms with Gasteiger partial charge in [0.15, 0.2) is 0 Å². The average molecular weight is 285 g/mol. The summed E-state index contributed by atoms with van der Waals surface area (Å²) in [6.07, 6.45) is 0.990. The monoisotopic (exact) mass is 285 g/mol. The second-order valence-corrected chi connectivity index (χ2v) is 5.23. The van der Waals surface area contributed by atoms with Gasteiger partial charge in [0.2, 0.25) is 0 Å². The summed E-state index contributed by atoms with van der Waals surface area (Å²) in [5.74, 6) is -0.390. The largest absolute Gasteiger partial charge is 0.380 e. The zero-order valence-corrected chi connectivity index (χ0v) is 12.2. The van der Waals surface area contributed by atoms with Crippen LogP contribution in [-0.4, -0.2) is 25.7 Å². The molecular formula is C14H20FNO2S. The van der Waals surface area contributed by atoms with Crippen molar-refractivity contribution < 1.29 is 13.9 Å². The van der Waals surface area contributed by atoms with Gasteiger partial charge in [-0.05, 0) is 30.5 Å². The molecule has 0 saturated carbocycles. The third kappa shape index (κ3) is 6.07. The number of amides is 1. The van der Waals surface area contributed by atoms with Crippen molar-refractivity contribution in [3.8, 4) is 0 Å². The number of carbonyl (C=O) groups is 1. The minimum Gasteiger partial charge on any atom is -0.380 e. The molecule has 0 aromatic heterocycles. The van der Waals surface area contributed by atoms with Crippen molar-refractivity contribution in [1.29, 1.82) is 0 Å². The summed E-state index contributed by atoms with van der Waals surface area (Å²) in [6, 6.07) is 4.15. The number of rotatable bonds is 7. The predicted molar refractivity (Wildman–Crippen MR) is 76.3 cm³/mol. The van der Waals surface area contributed by atoms with Gasteiger partial charge in [0, 0.05) is 18.0 Å². The van der Waals surface area contributed by atoms with Crippen LogP contribution >= 0.6 is 12.6 Å². The first-order valence-electron chi connectivity index (χ1n) is 6.35. The summed E-state index contributed by atoms with van der Waals surface area (Å²) in [7, 11) is 0. The fourth-order valence-corrected chi connectivity index (χ4v) is 1.64.